The summed E-state index contributed by atoms with van der Waals surface area (Å²) in [6, 6.07) is 27.5. The molecule has 0 radical (unpaired) electrons. The van der Waals surface area contributed by atoms with Gasteiger partial charge in [-0.15, -0.1) is 0 Å². The van der Waals surface area contributed by atoms with Crippen LogP contribution >= 0.6 is 0 Å². The van der Waals surface area contributed by atoms with E-state index in [1.807, 2.05) is 18.2 Å². The summed E-state index contributed by atoms with van der Waals surface area (Å²) in [5.41, 5.74) is 8.33. The first kappa shape index (κ1) is 35.9. The van der Waals surface area contributed by atoms with E-state index >= 15 is 0 Å². The first-order valence-electron chi connectivity index (χ1n) is 20.1. The molecule has 4 aromatic carbocycles. The number of aryl methyl sites for hydroxylation is 2. The molecule has 1 saturated carbocycles. The molecule has 14 rings (SSSR count). The molecule has 7 atom stereocenters. The number of carbonyl (C=O) groups excluding carboxylic acids is 2. The Hall–Kier alpha value is -5.45. The number of aromatic carboxylic acids is 1. The number of carboxylic acids is 1. The Labute approximate surface area is 332 Å². The molecule has 0 aromatic heterocycles. The fourth-order valence-corrected chi connectivity index (χ4v) is 11.4. The molecule has 4 fully saturated rings. The molecule has 5 aliphatic carbocycles. The highest BCUT2D eigenvalue weighted by Gasteiger charge is 2.71. The molecule has 1 amide bonds. The summed E-state index contributed by atoms with van der Waals surface area (Å²) in [6.07, 6.45) is 7.09. The van der Waals surface area contributed by atoms with Crippen LogP contribution in [0.5, 0.6) is 11.5 Å². The van der Waals surface area contributed by atoms with E-state index in [9.17, 15) is 19.5 Å². The number of carboxylic acid groups (broad SMARTS) is 1. The maximum atomic E-state index is 13.5. The SMILES string of the molecule is COc1cc2c(cc1OC)C13CCN4CC5=CCOC6CC(=O)N2C1[C@H]6[C@H]5C[C@H]43.O=C(O)c1ccccc1C(=O)OC1Cc2ccc(cc2)CCc2ccc1cc2. The second-order valence-electron chi connectivity index (χ2n) is 16.5. The minimum absolute atomic E-state index is 0.0242. The lowest BCUT2D eigenvalue weighted by Gasteiger charge is -2.58. The van der Waals surface area contributed by atoms with E-state index in [0.29, 0.717) is 43.1 Å². The van der Waals surface area contributed by atoms with Crippen molar-refractivity contribution in [3.63, 3.8) is 0 Å². The lowest BCUT2D eigenvalue weighted by molar-refractivity contribution is -0.132. The van der Waals surface area contributed by atoms with Gasteiger partial charge >= 0.3 is 11.9 Å². The standard InChI is InChI=1S/C24H20O4.C23H26N2O4/c25-23(26)20-3-1-2-4-21(20)24(27)28-22-15-18-9-7-16(8-10-18)5-6-17-11-13-19(22)14-12-17;1-27-16-8-14-15(9-17(16)28-2)25-20(26)10-18-21-13-7-19-23(14,22(21)25)4-5-24(19)11-12(13)3-6-29-18/h1-4,7-14,22H,5-6,15H2,(H,25,26);3,8-9,13,18-19,21-22H,4-7,10-11H2,1-2H3/t;13-,18?,19-,21-,22?,23?/m.0/s1. The third kappa shape index (κ3) is 5.70. The molecule has 5 heterocycles. The van der Waals surface area contributed by atoms with Crippen molar-refractivity contribution in [1.82, 2.24) is 4.90 Å². The third-order valence-corrected chi connectivity index (χ3v) is 13.9. The van der Waals surface area contributed by atoms with Crippen molar-refractivity contribution in [3.05, 3.63) is 136 Å². The molecular formula is C47H46N2O8. The van der Waals surface area contributed by atoms with Crippen LogP contribution in [-0.2, 0) is 38.9 Å². The van der Waals surface area contributed by atoms with Gasteiger partial charge in [0, 0.05) is 36.4 Å². The minimum Gasteiger partial charge on any atom is -0.493 e. The predicted molar refractivity (Wildman–Crippen MR) is 212 cm³/mol. The van der Waals surface area contributed by atoms with Gasteiger partial charge in [0.05, 0.1) is 56.2 Å². The molecule has 5 aliphatic heterocycles. The van der Waals surface area contributed by atoms with Crippen LogP contribution < -0.4 is 14.4 Å². The van der Waals surface area contributed by atoms with Gasteiger partial charge in [-0.05, 0) is 84.2 Å². The fraction of sp³-hybridized carbons (Fsp3) is 0.383. The number of esters is 1. The smallest absolute Gasteiger partial charge is 0.339 e. The second-order valence-corrected chi connectivity index (χ2v) is 16.5. The Kier molecular flexibility index (Phi) is 8.75. The zero-order chi connectivity index (χ0) is 39.0. The van der Waals surface area contributed by atoms with Gasteiger partial charge in [-0.3, -0.25) is 9.69 Å². The molecule has 3 saturated heterocycles. The number of piperidine rings is 2. The van der Waals surface area contributed by atoms with Crippen molar-refractivity contribution < 1.29 is 38.4 Å². The highest BCUT2D eigenvalue weighted by atomic mass is 16.5. The van der Waals surface area contributed by atoms with E-state index in [1.165, 1.54) is 35.2 Å². The van der Waals surface area contributed by atoms with E-state index < -0.39 is 18.0 Å². The van der Waals surface area contributed by atoms with Gasteiger partial charge in [-0.1, -0.05) is 72.3 Å². The Morgan fingerprint density at radius 3 is 2.26 bits per heavy atom. The predicted octanol–water partition coefficient (Wildman–Crippen LogP) is 6.73. The van der Waals surface area contributed by atoms with Crippen molar-refractivity contribution in [1.29, 1.82) is 0 Å². The monoisotopic (exact) mass is 766 g/mol. The molecule has 6 bridgehead atoms. The van der Waals surface area contributed by atoms with Crippen LogP contribution in [0.4, 0.5) is 5.69 Å². The first-order chi connectivity index (χ1) is 27.8. The lowest BCUT2D eigenvalue weighted by Crippen LogP contribution is -2.69. The summed E-state index contributed by atoms with van der Waals surface area (Å²) in [5, 5.41) is 9.36. The Morgan fingerprint density at radius 2 is 1.54 bits per heavy atom. The number of benzene rings is 4. The number of hydrogen-bond acceptors (Lipinski definition) is 8. The van der Waals surface area contributed by atoms with Gasteiger partial charge in [0.25, 0.3) is 0 Å². The number of nitrogens with zero attached hydrogens (tertiary/aromatic N) is 2. The minimum atomic E-state index is -1.15. The number of amides is 1. The van der Waals surface area contributed by atoms with Crippen molar-refractivity contribution in [2.24, 2.45) is 11.8 Å². The maximum absolute atomic E-state index is 13.5. The van der Waals surface area contributed by atoms with E-state index in [1.54, 1.807) is 31.9 Å². The number of rotatable bonds is 5. The maximum Gasteiger partial charge on any atom is 0.339 e. The highest BCUT2D eigenvalue weighted by Crippen LogP contribution is 2.66. The molecule has 10 nitrogen and oxygen atoms in total. The Morgan fingerprint density at radius 1 is 0.860 bits per heavy atom. The number of fused-ring (bicyclic) bond motifs is 2. The number of carbonyl (C=O) groups is 3. The molecule has 4 unspecified atom stereocenters. The molecule has 292 valence electrons. The summed E-state index contributed by atoms with van der Waals surface area (Å²) >= 11 is 0. The molecule has 4 aromatic rings. The van der Waals surface area contributed by atoms with Crippen LogP contribution in [-0.4, -0.2) is 80.0 Å². The number of hydrogen-bond donors (Lipinski definition) is 1. The number of ether oxygens (including phenoxy) is 4. The molecule has 1 N–H and O–H groups in total. The van der Waals surface area contributed by atoms with Gasteiger partial charge in [0.2, 0.25) is 5.91 Å². The topological polar surface area (TPSA) is 115 Å². The Bertz CT molecular complexity index is 2300. The first-order valence-corrected chi connectivity index (χ1v) is 20.1. The molecule has 10 aliphatic rings. The molecule has 57 heavy (non-hydrogen) atoms. The van der Waals surface area contributed by atoms with Crippen LogP contribution in [0.3, 0.4) is 0 Å². The van der Waals surface area contributed by atoms with Crippen molar-refractivity contribution in [3.8, 4) is 11.5 Å². The van der Waals surface area contributed by atoms with Crippen LogP contribution in [0.1, 0.15) is 73.9 Å². The van der Waals surface area contributed by atoms with E-state index in [4.69, 9.17) is 18.9 Å². The summed E-state index contributed by atoms with van der Waals surface area (Å²) in [7, 11) is 3.36. The van der Waals surface area contributed by atoms with E-state index in [0.717, 1.165) is 54.9 Å². The average Bonchev–Trinajstić information content (AvgIpc) is 3.70. The van der Waals surface area contributed by atoms with Gasteiger partial charge in [-0.2, -0.15) is 0 Å². The number of anilines is 1. The van der Waals surface area contributed by atoms with E-state index in [2.05, 4.69) is 58.3 Å². The normalized spacial score (nSPS) is 28.5. The quantitative estimate of drug-likeness (QED) is 0.174. The Balaban J connectivity index is 0.000000139. The zero-order valence-corrected chi connectivity index (χ0v) is 32.2. The van der Waals surface area contributed by atoms with Crippen LogP contribution in [0.25, 0.3) is 0 Å². The summed E-state index contributed by atoms with van der Waals surface area (Å²) in [5.74, 6) is 0.798. The van der Waals surface area contributed by atoms with Crippen LogP contribution in [0.2, 0.25) is 0 Å². The summed E-state index contributed by atoms with van der Waals surface area (Å²) in [4.78, 5) is 42.5. The average molecular weight is 767 g/mol. The molecule has 1 spiro atoms. The highest BCUT2D eigenvalue weighted by molar-refractivity contribution is 6.02. The molecule has 10 heteroatoms. The van der Waals surface area contributed by atoms with Crippen LogP contribution in [0.15, 0.2) is 96.6 Å². The fourth-order valence-electron chi connectivity index (χ4n) is 11.4. The van der Waals surface area contributed by atoms with Gasteiger partial charge in [0.1, 0.15) is 6.10 Å². The number of methoxy groups -OCH3 is 2. The van der Waals surface area contributed by atoms with Crippen molar-refractivity contribution in [2.75, 3.05) is 38.8 Å². The van der Waals surface area contributed by atoms with E-state index in [-0.39, 0.29) is 34.6 Å². The van der Waals surface area contributed by atoms with Gasteiger partial charge < -0.3 is 29.0 Å². The summed E-state index contributed by atoms with van der Waals surface area (Å²) in [6.45, 7) is 2.80. The van der Waals surface area contributed by atoms with Crippen molar-refractivity contribution >= 4 is 23.5 Å². The zero-order valence-electron chi connectivity index (χ0n) is 32.2. The van der Waals surface area contributed by atoms with Gasteiger partial charge in [0.15, 0.2) is 11.5 Å². The third-order valence-electron chi connectivity index (χ3n) is 13.9. The van der Waals surface area contributed by atoms with Crippen LogP contribution in [0, 0.1) is 11.8 Å². The van der Waals surface area contributed by atoms with Gasteiger partial charge in [-0.25, -0.2) is 9.59 Å². The lowest BCUT2D eigenvalue weighted by atomic mass is 9.53. The largest absolute Gasteiger partial charge is 0.493 e. The molecular weight excluding hydrogens is 721 g/mol. The van der Waals surface area contributed by atoms with Crippen molar-refractivity contribution in [2.45, 2.75) is 68.2 Å². The summed E-state index contributed by atoms with van der Waals surface area (Å²) < 4.78 is 23.4. The second kappa shape index (κ2) is 13.9.